The minimum Gasteiger partial charge on any atom is -0.486 e. The zero-order valence-corrected chi connectivity index (χ0v) is 12.0. The van der Waals surface area contributed by atoms with Gasteiger partial charge in [0.25, 0.3) is 5.91 Å². The predicted octanol–water partition coefficient (Wildman–Crippen LogP) is 2.25. The number of nitriles is 1. The van der Waals surface area contributed by atoms with Crippen LogP contribution in [0.15, 0.2) is 24.3 Å². The van der Waals surface area contributed by atoms with Crippen LogP contribution in [0.4, 0.5) is 4.39 Å². The third-order valence-corrected chi connectivity index (χ3v) is 3.91. The number of carbonyl (C=O) groups is 1. The molecule has 1 heterocycles. The molecule has 0 radical (unpaired) electrons. The van der Waals surface area contributed by atoms with Gasteiger partial charge < -0.3 is 4.74 Å². The summed E-state index contributed by atoms with van der Waals surface area (Å²) in [6.45, 7) is 1.97. The van der Waals surface area contributed by atoms with Crippen molar-refractivity contribution < 1.29 is 13.9 Å². The molecule has 2 aromatic rings. The molecule has 0 saturated carbocycles. The Labute approximate surface area is 124 Å². The summed E-state index contributed by atoms with van der Waals surface area (Å²) in [6.07, 6.45) is 0. The number of halogens is 1. The SMILES string of the molecule is Cc1sc(C(=O)NN)cc1COc1ccc(C#N)cc1F. The highest BCUT2D eigenvalue weighted by molar-refractivity contribution is 7.14. The molecule has 0 aliphatic carbocycles. The van der Waals surface area contributed by atoms with Gasteiger partial charge in [-0.3, -0.25) is 10.2 Å². The van der Waals surface area contributed by atoms with Crippen molar-refractivity contribution in [3.8, 4) is 11.8 Å². The third-order valence-electron chi connectivity index (χ3n) is 2.82. The van der Waals surface area contributed by atoms with Crippen molar-refractivity contribution in [1.82, 2.24) is 5.43 Å². The van der Waals surface area contributed by atoms with Gasteiger partial charge in [0.15, 0.2) is 11.6 Å². The number of carbonyl (C=O) groups excluding carboxylic acids is 1. The molecule has 1 aromatic heterocycles. The van der Waals surface area contributed by atoms with Crippen LogP contribution in [0.1, 0.15) is 25.7 Å². The largest absolute Gasteiger partial charge is 0.486 e. The van der Waals surface area contributed by atoms with Crippen LogP contribution in [0.25, 0.3) is 0 Å². The quantitative estimate of drug-likeness (QED) is 0.515. The minimum atomic E-state index is -0.596. The first kappa shape index (κ1) is 15.0. The predicted molar refractivity (Wildman–Crippen MR) is 76.2 cm³/mol. The maximum Gasteiger partial charge on any atom is 0.275 e. The Balaban J connectivity index is 2.12. The Morgan fingerprint density at radius 1 is 1.52 bits per heavy atom. The molecule has 1 amide bonds. The zero-order chi connectivity index (χ0) is 15.4. The number of hydrogen-bond donors (Lipinski definition) is 2. The summed E-state index contributed by atoms with van der Waals surface area (Å²) in [6, 6.07) is 7.50. The highest BCUT2D eigenvalue weighted by Gasteiger charge is 2.12. The average Bonchev–Trinajstić information content (AvgIpc) is 2.86. The van der Waals surface area contributed by atoms with Crippen LogP contribution in [0.3, 0.4) is 0 Å². The zero-order valence-electron chi connectivity index (χ0n) is 11.1. The molecule has 0 bridgehead atoms. The van der Waals surface area contributed by atoms with Gasteiger partial charge in [-0.25, -0.2) is 10.2 Å². The monoisotopic (exact) mass is 305 g/mol. The third kappa shape index (κ3) is 3.37. The second-order valence-corrected chi connectivity index (χ2v) is 5.47. The number of nitrogen functional groups attached to an aromatic ring is 1. The van der Waals surface area contributed by atoms with Crippen LogP contribution in [0.2, 0.25) is 0 Å². The maximum absolute atomic E-state index is 13.7. The van der Waals surface area contributed by atoms with Gasteiger partial charge in [0, 0.05) is 10.4 Å². The van der Waals surface area contributed by atoms with Crippen molar-refractivity contribution in [1.29, 1.82) is 5.26 Å². The van der Waals surface area contributed by atoms with Crippen molar-refractivity contribution in [3.63, 3.8) is 0 Å². The molecular weight excluding hydrogens is 293 g/mol. The lowest BCUT2D eigenvalue weighted by Gasteiger charge is -2.06. The van der Waals surface area contributed by atoms with E-state index in [1.54, 1.807) is 6.07 Å². The van der Waals surface area contributed by atoms with Gasteiger partial charge in [0.05, 0.1) is 16.5 Å². The van der Waals surface area contributed by atoms with Crippen LogP contribution in [0.5, 0.6) is 5.75 Å². The van der Waals surface area contributed by atoms with Gasteiger partial charge in [0.2, 0.25) is 0 Å². The van der Waals surface area contributed by atoms with E-state index < -0.39 is 5.82 Å². The standard InChI is InChI=1S/C14H12FN3O2S/c1-8-10(5-13(21-8)14(19)18-17)7-20-12-3-2-9(6-16)4-11(12)15/h2-5H,7,17H2,1H3,(H,18,19). The van der Waals surface area contributed by atoms with Crippen LogP contribution in [-0.4, -0.2) is 5.91 Å². The molecular formula is C14H12FN3O2S. The number of benzene rings is 1. The summed E-state index contributed by atoms with van der Waals surface area (Å²) < 4.78 is 19.1. The summed E-state index contributed by atoms with van der Waals surface area (Å²) in [5, 5.41) is 8.67. The number of aryl methyl sites for hydroxylation is 1. The molecule has 0 unspecified atom stereocenters. The van der Waals surface area contributed by atoms with Crippen molar-refractivity contribution in [2.75, 3.05) is 0 Å². The van der Waals surface area contributed by atoms with E-state index in [9.17, 15) is 9.18 Å². The van der Waals surface area contributed by atoms with Gasteiger partial charge >= 0.3 is 0 Å². The fourth-order valence-corrected chi connectivity index (χ4v) is 2.62. The fraction of sp³-hybridized carbons (Fsp3) is 0.143. The molecule has 0 spiro atoms. The topological polar surface area (TPSA) is 88.1 Å². The van der Waals surface area contributed by atoms with Crippen LogP contribution >= 0.6 is 11.3 Å². The summed E-state index contributed by atoms with van der Waals surface area (Å²) in [5.41, 5.74) is 3.07. The number of nitrogens with two attached hydrogens (primary N) is 1. The molecule has 3 N–H and O–H groups in total. The van der Waals surface area contributed by atoms with Gasteiger partial charge in [-0.15, -0.1) is 11.3 Å². The number of rotatable bonds is 4. The van der Waals surface area contributed by atoms with Crippen molar-refractivity contribution >= 4 is 17.2 Å². The van der Waals surface area contributed by atoms with E-state index in [0.29, 0.717) is 4.88 Å². The number of amides is 1. The first-order valence-corrected chi connectivity index (χ1v) is 6.79. The highest BCUT2D eigenvalue weighted by atomic mass is 32.1. The Morgan fingerprint density at radius 3 is 2.90 bits per heavy atom. The molecule has 108 valence electrons. The van der Waals surface area contributed by atoms with Crippen LogP contribution < -0.4 is 16.0 Å². The molecule has 5 nitrogen and oxygen atoms in total. The van der Waals surface area contributed by atoms with Crippen molar-refractivity contribution in [3.05, 3.63) is 51.0 Å². The maximum atomic E-state index is 13.7. The van der Waals surface area contributed by atoms with E-state index in [0.717, 1.165) is 16.5 Å². The molecule has 2 rings (SSSR count). The molecule has 21 heavy (non-hydrogen) atoms. The lowest BCUT2D eigenvalue weighted by atomic mass is 10.2. The van der Waals surface area contributed by atoms with Crippen LogP contribution in [0, 0.1) is 24.1 Å². The molecule has 0 fully saturated rings. The van der Waals surface area contributed by atoms with Crippen molar-refractivity contribution in [2.45, 2.75) is 13.5 Å². The number of nitrogens with one attached hydrogen (secondary N) is 1. The lowest BCUT2D eigenvalue weighted by Crippen LogP contribution is -2.29. The first-order chi connectivity index (χ1) is 10.0. The van der Waals surface area contributed by atoms with E-state index in [-0.39, 0.29) is 23.8 Å². The van der Waals surface area contributed by atoms with E-state index in [4.69, 9.17) is 15.8 Å². The normalized spacial score (nSPS) is 10.0. The van der Waals surface area contributed by atoms with Gasteiger partial charge in [-0.05, 0) is 31.2 Å². The summed E-state index contributed by atoms with van der Waals surface area (Å²) in [5.74, 6) is 4.16. The molecule has 0 aliphatic rings. The second kappa shape index (κ2) is 6.35. The molecule has 0 saturated heterocycles. The second-order valence-electron chi connectivity index (χ2n) is 4.21. The average molecular weight is 305 g/mol. The Bertz CT molecular complexity index is 721. The Morgan fingerprint density at radius 2 is 2.29 bits per heavy atom. The fourth-order valence-electron chi connectivity index (χ4n) is 1.69. The van der Waals surface area contributed by atoms with E-state index in [2.05, 4.69) is 5.43 Å². The van der Waals surface area contributed by atoms with E-state index in [1.165, 1.54) is 23.5 Å². The van der Waals surface area contributed by atoms with Crippen LogP contribution in [-0.2, 0) is 6.61 Å². The first-order valence-electron chi connectivity index (χ1n) is 5.98. The lowest BCUT2D eigenvalue weighted by molar-refractivity contribution is 0.0957. The van der Waals surface area contributed by atoms with E-state index in [1.807, 2.05) is 13.0 Å². The Kier molecular flexibility index (Phi) is 4.52. The minimum absolute atomic E-state index is 0.0597. The highest BCUT2D eigenvalue weighted by Crippen LogP contribution is 2.24. The molecule has 0 atom stereocenters. The van der Waals surface area contributed by atoms with Gasteiger partial charge in [-0.2, -0.15) is 5.26 Å². The number of thiophene rings is 1. The number of hydrogen-bond acceptors (Lipinski definition) is 5. The Hall–Kier alpha value is -2.43. The van der Waals surface area contributed by atoms with Gasteiger partial charge in [-0.1, -0.05) is 0 Å². The van der Waals surface area contributed by atoms with Crippen molar-refractivity contribution in [2.24, 2.45) is 5.84 Å². The van der Waals surface area contributed by atoms with E-state index >= 15 is 0 Å². The molecule has 1 aromatic carbocycles. The molecule has 7 heteroatoms. The van der Waals surface area contributed by atoms with Gasteiger partial charge in [0.1, 0.15) is 6.61 Å². The number of ether oxygens (including phenoxy) is 1. The summed E-state index contributed by atoms with van der Waals surface area (Å²) in [7, 11) is 0. The number of hydrazine groups is 1. The summed E-state index contributed by atoms with van der Waals surface area (Å²) >= 11 is 1.28. The number of nitrogens with zero attached hydrogens (tertiary/aromatic N) is 1. The smallest absolute Gasteiger partial charge is 0.275 e. The molecule has 0 aliphatic heterocycles. The summed E-state index contributed by atoms with van der Waals surface area (Å²) in [4.78, 5) is 12.8.